The van der Waals surface area contributed by atoms with Gasteiger partial charge in [0.1, 0.15) is 11.5 Å². The van der Waals surface area contributed by atoms with Gasteiger partial charge in [0.25, 0.3) is 5.91 Å². The summed E-state index contributed by atoms with van der Waals surface area (Å²) < 4.78 is 30.8. The van der Waals surface area contributed by atoms with E-state index in [-0.39, 0.29) is 11.7 Å². The van der Waals surface area contributed by atoms with Gasteiger partial charge in [0.05, 0.1) is 28.1 Å². The Labute approximate surface area is 180 Å². The number of rotatable bonds is 4. The van der Waals surface area contributed by atoms with E-state index in [2.05, 4.69) is 4.98 Å². The summed E-state index contributed by atoms with van der Waals surface area (Å²) in [6, 6.07) is 18.7. The van der Waals surface area contributed by atoms with Crippen LogP contribution < -0.4 is 0 Å². The van der Waals surface area contributed by atoms with Crippen LogP contribution in [0.1, 0.15) is 29.0 Å². The number of carbonyl (C=O) groups excluding carboxylic acids is 1. The predicted octanol–water partition coefficient (Wildman–Crippen LogP) is 4.20. The molecule has 0 atom stereocenters. The Morgan fingerprint density at radius 3 is 2.13 bits per heavy atom. The first-order valence-corrected chi connectivity index (χ1v) is 12.1. The number of benzene rings is 2. The van der Waals surface area contributed by atoms with E-state index in [0.29, 0.717) is 37.3 Å². The number of nitrogens with zero attached hydrogens (tertiary/aromatic N) is 2. The zero-order chi connectivity index (χ0) is 21.4. The van der Waals surface area contributed by atoms with Gasteiger partial charge in [-0.3, -0.25) is 4.79 Å². The van der Waals surface area contributed by atoms with Gasteiger partial charge < -0.3 is 9.32 Å². The van der Waals surface area contributed by atoms with E-state index in [1.54, 1.807) is 17.0 Å². The molecule has 4 aromatic rings. The van der Waals surface area contributed by atoms with Gasteiger partial charge in [-0.2, -0.15) is 0 Å². The molecule has 0 N–H and O–H groups in total. The molecule has 3 heterocycles. The number of para-hydroxylation sites is 2. The average molecular weight is 435 g/mol. The van der Waals surface area contributed by atoms with Crippen LogP contribution in [0.2, 0.25) is 0 Å². The number of amides is 1. The lowest BCUT2D eigenvalue weighted by molar-refractivity contribution is 0.0729. The number of fused-ring (bicyclic) bond motifs is 2. The first-order chi connectivity index (χ1) is 15.0. The predicted molar refractivity (Wildman–Crippen MR) is 120 cm³/mol. The fraction of sp³-hybridized carbons (Fsp3) is 0.250. The number of piperidine rings is 1. The maximum atomic E-state index is 13.6. The van der Waals surface area contributed by atoms with Crippen molar-refractivity contribution in [2.45, 2.75) is 23.8 Å². The first-order valence-electron chi connectivity index (χ1n) is 10.3. The molecule has 0 spiro atoms. The number of sulfone groups is 1. The van der Waals surface area contributed by atoms with Gasteiger partial charge >= 0.3 is 0 Å². The lowest BCUT2D eigenvalue weighted by Crippen LogP contribution is -2.42. The molecule has 1 aliphatic rings. The van der Waals surface area contributed by atoms with Gasteiger partial charge in [0, 0.05) is 23.9 Å². The first kappa shape index (κ1) is 19.8. The van der Waals surface area contributed by atoms with Crippen molar-refractivity contribution >= 4 is 37.6 Å². The second-order valence-electron chi connectivity index (χ2n) is 7.90. The van der Waals surface area contributed by atoms with Crippen LogP contribution in [0.15, 0.2) is 71.3 Å². The zero-order valence-electron chi connectivity index (χ0n) is 16.9. The summed E-state index contributed by atoms with van der Waals surface area (Å²) in [5.74, 6) is 0.281. The van der Waals surface area contributed by atoms with E-state index < -0.39 is 15.1 Å². The van der Waals surface area contributed by atoms with E-state index in [1.807, 2.05) is 48.5 Å². The van der Waals surface area contributed by atoms with Crippen molar-refractivity contribution in [1.29, 1.82) is 0 Å². The number of hydrogen-bond donors (Lipinski definition) is 0. The molecule has 0 bridgehead atoms. The summed E-state index contributed by atoms with van der Waals surface area (Å²) in [6.07, 6.45) is 2.33. The van der Waals surface area contributed by atoms with E-state index in [4.69, 9.17) is 4.42 Å². The zero-order valence-corrected chi connectivity index (χ0v) is 17.7. The summed E-state index contributed by atoms with van der Waals surface area (Å²) in [7, 11) is -3.33. The highest BCUT2D eigenvalue weighted by Crippen LogP contribution is 2.29. The highest BCUT2D eigenvalue weighted by atomic mass is 32.2. The summed E-state index contributed by atoms with van der Waals surface area (Å²) in [5.41, 5.74) is 2.19. The van der Waals surface area contributed by atoms with E-state index in [0.717, 1.165) is 21.8 Å². The molecule has 1 amide bonds. The molecule has 1 fully saturated rings. The van der Waals surface area contributed by atoms with Gasteiger partial charge in [-0.1, -0.05) is 36.4 Å². The number of furan rings is 1. The van der Waals surface area contributed by atoms with Crippen molar-refractivity contribution in [1.82, 2.24) is 9.88 Å². The highest BCUT2D eigenvalue weighted by molar-refractivity contribution is 7.91. The highest BCUT2D eigenvalue weighted by Gasteiger charge is 2.33. The van der Waals surface area contributed by atoms with Crippen molar-refractivity contribution in [2.24, 2.45) is 0 Å². The standard InChI is InChI=1S/C24H22N2O4S/c27-24(23-19-7-1-3-9-21(19)25-22-10-4-2-8-20(22)23)26-13-11-18(12-14-26)31(28,29)16-17-6-5-15-30-17/h1-10,15,18H,11-14,16H2. The molecule has 31 heavy (non-hydrogen) atoms. The van der Waals surface area contributed by atoms with Crippen LogP contribution in [-0.4, -0.2) is 42.5 Å². The molecule has 158 valence electrons. The van der Waals surface area contributed by atoms with E-state index in [1.165, 1.54) is 6.26 Å². The molecule has 5 rings (SSSR count). The van der Waals surface area contributed by atoms with Crippen LogP contribution in [-0.2, 0) is 15.6 Å². The molecule has 2 aromatic heterocycles. The summed E-state index contributed by atoms with van der Waals surface area (Å²) >= 11 is 0. The Morgan fingerprint density at radius 1 is 0.935 bits per heavy atom. The molecule has 6 nitrogen and oxygen atoms in total. The van der Waals surface area contributed by atoms with Crippen LogP contribution in [0.25, 0.3) is 21.8 Å². The summed E-state index contributed by atoms with van der Waals surface area (Å²) in [6.45, 7) is 0.817. The van der Waals surface area contributed by atoms with Crippen molar-refractivity contribution < 1.29 is 17.6 Å². The molecule has 7 heteroatoms. The summed E-state index contributed by atoms with van der Waals surface area (Å²) in [5, 5.41) is 1.17. The van der Waals surface area contributed by atoms with Crippen LogP contribution in [0.4, 0.5) is 0 Å². The Balaban J connectivity index is 1.41. The Hall–Kier alpha value is -3.19. The maximum Gasteiger partial charge on any atom is 0.255 e. The number of pyridine rings is 1. The normalized spacial score (nSPS) is 15.5. The molecule has 1 aliphatic heterocycles. The summed E-state index contributed by atoms with van der Waals surface area (Å²) in [4.78, 5) is 20.0. The topological polar surface area (TPSA) is 80.5 Å². The van der Waals surface area contributed by atoms with Crippen molar-refractivity contribution in [2.75, 3.05) is 13.1 Å². The average Bonchev–Trinajstić information content (AvgIpc) is 3.29. The van der Waals surface area contributed by atoms with Crippen LogP contribution in [0.5, 0.6) is 0 Å². The van der Waals surface area contributed by atoms with Crippen molar-refractivity contribution in [3.8, 4) is 0 Å². The smallest absolute Gasteiger partial charge is 0.255 e. The molecular weight excluding hydrogens is 412 g/mol. The number of aromatic nitrogens is 1. The van der Waals surface area contributed by atoms with Gasteiger partial charge in [-0.15, -0.1) is 0 Å². The maximum absolute atomic E-state index is 13.6. The molecule has 0 aliphatic carbocycles. The number of hydrogen-bond acceptors (Lipinski definition) is 5. The molecule has 1 saturated heterocycles. The minimum Gasteiger partial charge on any atom is -0.468 e. The molecular formula is C24H22N2O4S. The monoisotopic (exact) mass is 434 g/mol. The van der Waals surface area contributed by atoms with Crippen molar-refractivity contribution in [3.63, 3.8) is 0 Å². The Kier molecular flexibility index (Phi) is 4.98. The second kappa shape index (κ2) is 7.81. The van der Waals surface area contributed by atoms with Crippen molar-refractivity contribution in [3.05, 3.63) is 78.3 Å². The molecule has 0 saturated carbocycles. The quantitative estimate of drug-likeness (QED) is 0.450. The fourth-order valence-electron chi connectivity index (χ4n) is 4.36. The van der Waals surface area contributed by atoms with Gasteiger partial charge in [-0.25, -0.2) is 13.4 Å². The number of likely N-dealkylation sites (tertiary alicyclic amines) is 1. The largest absolute Gasteiger partial charge is 0.468 e. The van der Waals surface area contributed by atoms with Gasteiger partial charge in [0.2, 0.25) is 0 Å². The molecule has 2 aromatic carbocycles. The van der Waals surface area contributed by atoms with Crippen LogP contribution in [0.3, 0.4) is 0 Å². The lowest BCUT2D eigenvalue weighted by atomic mass is 10.00. The number of carbonyl (C=O) groups is 1. The van der Waals surface area contributed by atoms with E-state index >= 15 is 0 Å². The lowest BCUT2D eigenvalue weighted by Gasteiger charge is -2.32. The van der Waals surface area contributed by atoms with Crippen LogP contribution in [0, 0.1) is 0 Å². The van der Waals surface area contributed by atoms with Crippen LogP contribution >= 0.6 is 0 Å². The third kappa shape index (κ3) is 3.70. The third-order valence-electron chi connectivity index (χ3n) is 5.96. The Morgan fingerprint density at radius 2 is 1.55 bits per heavy atom. The minimum absolute atomic E-state index is 0.0725. The molecule has 0 radical (unpaired) electrons. The second-order valence-corrected chi connectivity index (χ2v) is 10.2. The van der Waals surface area contributed by atoms with Gasteiger partial charge in [0.15, 0.2) is 9.84 Å². The molecule has 0 unspecified atom stereocenters. The fourth-order valence-corrected chi connectivity index (χ4v) is 6.08. The SMILES string of the molecule is O=C(c1c2ccccc2nc2ccccc12)N1CCC(S(=O)(=O)Cc2ccco2)CC1. The van der Waals surface area contributed by atoms with Gasteiger partial charge in [-0.05, 0) is 37.1 Å². The van der Waals surface area contributed by atoms with E-state index in [9.17, 15) is 13.2 Å². The Bertz CT molecular complexity index is 1300. The third-order valence-corrected chi connectivity index (χ3v) is 8.14. The minimum atomic E-state index is -3.33.